The van der Waals surface area contributed by atoms with Gasteiger partial charge in [-0.05, 0) is 32.9 Å². The normalized spacial score (nSPS) is 11.4. The standard InChI is InChI=1S/C28H47NO11/c1-28(2,3)40-27(31)29-9-10-32-11-12-33-13-14-34-15-16-35-17-18-36-19-20-37-21-22-38-23-24-39-26(30)25-7-5-4-6-8-25/h4-8H,9-24H2,1-3H3,(H,29,31). The molecule has 0 aliphatic carbocycles. The van der Waals surface area contributed by atoms with E-state index < -0.39 is 11.7 Å². The second-order valence-electron chi connectivity index (χ2n) is 9.22. The molecule has 230 valence electrons. The molecule has 40 heavy (non-hydrogen) atoms. The van der Waals surface area contributed by atoms with Crippen LogP contribution in [0.2, 0.25) is 0 Å². The largest absolute Gasteiger partial charge is 0.460 e. The molecule has 0 radical (unpaired) electrons. The zero-order chi connectivity index (χ0) is 29.2. The number of esters is 1. The second kappa shape index (κ2) is 24.5. The number of hydrogen-bond donors (Lipinski definition) is 1. The van der Waals surface area contributed by atoms with Crippen LogP contribution in [0.4, 0.5) is 4.79 Å². The summed E-state index contributed by atoms with van der Waals surface area (Å²) in [6.45, 7) is 12.2. The highest BCUT2D eigenvalue weighted by molar-refractivity contribution is 5.89. The third-order valence-electron chi connectivity index (χ3n) is 4.62. The molecule has 0 bridgehead atoms. The summed E-state index contributed by atoms with van der Waals surface area (Å²) in [6, 6.07) is 8.83. The van der Waals surface area contributed by atoms with Crippen LogP contribution >= 0.6 is 0 Å². The van der Waals surface area contributed by atoms with Crippen molar-refractivity contribution in [3.8, 4) is 0 Å². The number of amides is 1. The zero-order valence-electron chi connectivity index (χ0n) is 24.2. The first-order chi connectivity index (χ1) is 19.4. The van der Waals surface area contributed by atoms with Crippen LogP contribution in [-0.4, -0.2) is 123 Å². The van der Waals surface area contributed by atoms with Crippen LogP contribution in [0.15, 0.2) is 30.3 Å². The third kappa shape index (κ3) is 23.6. The summed E-state index contributed by atoms with van der Waals surface area (Å²) >= 11 is 0. The third-order valence-corrected chi connectivity index (χ3v) is 4.62. The summed E-state index contributed by atoms with van der Waals surface area (Å²) in [5, 5.41) is 2.62. The van der Waals surface area contributed by atoms with Crippen LogP contribution in [-0.2, 0) is 42.6 Å². The second-order valence-corrected chi connectivity index (χ2v) is 9.22. The minimum Gasteiger partial charge on any atom is -0.460 e. The van der Waals surface area contributed by atoms with Crippen LogP contribution in [0, 0.1) is 0 Å². The van der Waals surface area contributed by atoms with Gasteiger partial charge in [0.05, 0.1) is 98.1 Å². The van der Waals surface area contributed by atoms with Crippen molar-refractivity contribution >= 4 is 12.1 Å². The molecule has 0 aliphatic heterocycles. The number of alkyl carbamates (subject to hydrolysis) is 1. The predicted octanol–water partition coefficient (Wildman–Crippen LogP) is 2.48. The first kappa shape index (κ1) is 35.7. The fraction of sp³-hybridized carbons (Fsp3) is 0.714. The van der Waals surface area contributed by atoms with E-state index in [1.54, 1.807) is 24.3 Å². The Balaban J connectivity index is 1.69. The van der Waals surface area contributed by atoms with Crippen molar-refractivity contribution in [2.24, 2.45) is 0 Å². The lowest BCUT2D eigenvalue weighted by Crippen LogP contribution is -2.34. The van der Waals surface area contributed by atoms with Gasteiger partial charge in [-0.3, -0.25) is 0 Å². The Labute approximate surface area is 237 Å². The summed E-state index contributed by atoms with van der Waals surface area (Å²) in [4.78, 5) is 23.2. The molecule has 1 rings (SSSR count). The number of ether oxygens (including phenoxy) is 9. The van der Waals surface area contributed by atoms with E-state index in [0.29, 0.717) is 105 Å². The highest BCUT2D eigenvalue weighted by Gasteiger charge is 2.15. The van der Waals surface area contributed by atoms with E-state index in [1.807, 2.05) is 26.8 Å². The first-order valence-electron chi connectivity index (χ1n) is 13.6. The van der Waals surface area contributed by atoms with Crippen LogP contribution in [0.1, 0.15) is 31.1 Å². The van der Waals surface area contributed by atoms with Crippen molar-refractivity contribution in [1.82, 2.24) is 5.32 Å². The predicted molar refractivity (Wildman–Crippen MR) is 147 cm³/mol. The number of hydrogen-bond acceptors (Lipinski definition) is 11. The van der Waals surface area contributed by atoms with Gasteiger partial charge >= 0.3 is 12.1 Å². The summed E-state index contributed by atoms with van der Waals surface area (Å²) < 4.78 is 48.1. The first-order valence-corrected chi connectivity index (χ1v) is 13.6. The maximum atomic E-state index is 11.8. The smallest absolute Gasteiger partial charge is 0.407 e. The molecule has 0 aliphatic rings. The molecule has 0 atom stereocenters. The Morgan fingerprint density at radius 3 is 1.35 bits per heavy atom. The van der Waals surface area contributed by atoms with Crippen LogP contribution in [0.3, 0.4) is 0 Å². The molecule has 0 heterocycles. The van der Waals surface area contributed by atoms with Gasteiger partial charge in [-0.1, -0.05) is 18.2 Å². The molecular weight excluding hydrogens is 526 g/mol. The highest BCUT2D eigenvalue weighted by Crippen LogP contribution is 2.06. The molecule has 0 spiro atoms. The molecule has 0 saturated heterocycles. The lowest BCUT2D eigenvalue weighted by molar-refractivity contribution is -0.0222. The lowest BCUT2D eigenvalue weighted by Gasteiger charge is -2.19. The van der Waals surface area contributed by atoms with E-state index >= 15 is 0 Å². The van der Waals surface area contributed by atoms with Crippen molar-refractivity contribution in [3.63, 3.8) is 0 Å². The minimum absolute atomic E-state index is 0.199. The molecule has 1 aromatic carbocycles. The summed E-state index contributed by atoms with van der Waals surface area (Å²) in [5.41, 5.74) is 0.0101. The Morgan fingerprint density at radius 2 is 0.950 bits per heavy atom. The van der Waals surface area contributed by atoms with Gasteiger partial charge < -0.3 is 47.9 Å². The topological polar surface area (TPSA) is 129 Å². The van der Waals surface area contributed by atoms with Crippen molar-refractivity contribution < 1.29 is 52.2 Å². The Bertz CT molecular complexity index is 744. The number of benzene rings is 1. The summed E-state index contributed by atoms with van der Waals surface area (Å²) in [6.07, 6.45) is -0.455. The zero-order valence-corrected chi connectivity index (χ0v) is 24.2. The van der Waals surface area contributed by atoms with Gasteiger partial charge in [0.25, 0.3) is 0 Å². The van der Waals surface area contributed by atoms with Gasteiger partial charge in [0, 0.05) is 6.54 Å². The lowest BCUT2D eigenvalue weighted by atomic mass is 10.2. The quantitative estimate of drug-likeness (QED) is 0.137. The van der Waals surface area contributed by atoms with Gasteiger partial charge in [-0.25, -0.2) is 9.59 Å². The van der Waals surface area contributed by atoms with E-state index in [0.717, 1.165) is 0 Å². The van der Waals surface area contributed by atoms with Gasteiger partial charge in [0.1, 0.15) is 12.2 Å². The van der Waals surface area contributed by atoms with Crippen LogP contribution < -0.4 is 5.32 Å². The van der Waals surface area contributed by atoms with Crippen molar-refractivity contribution in [2.45, 2.75) is 26.4 Å². The highest BCUT2D eigenvalue weighted by atomic mass is 16.6. The molecular formula is C28H47NO11. The average Bonchev–Trinajstić information content (AvgIpc) is 2.92. The van der Waals surface area contributed by atoms with Gasteiger partial charge in [-0.2, -0.15) is 0 Å². The monoisotopic (exact) mass is 573 g/mol. The van der Waals surface area contributed by atoms with Crippen LogP contribution in [0.5, 0.6) is 0 Å². The maximum Gasteiger partial charge on any atom is 0.407 e. The van der Waals surface area contributed by atoms with Crippen LogP contribution in [0.25, 0.3) is 0 Å². The van der Waals surface area contributed by atoms with E-state index in [2.05, 4.69) is 5.32 Å². The molecule has 1 N–H and O–H groups in total. The molecule has 12 heteroatoms. The average molecular weight is 574 g/mol. The van der Waals surface area contributed by atoms with Gasteiger partial charge in [0.2, 0.25) is 0 Å². The molecule has 1 amide bonds. The number of rotatable bonds is 25. The van der Waals surface area contributed by atoms with Crippen molar-refractivity contribution in [1.29, 1.82) is 0 Å². The molecule has 0 unspecified atom stereocenters. The SMILES string of the molecule is CC(C)(C)OC(=O)NCCOCCOCCOCCOCCOCCOCCOCCOC(=O)c1ccccc1. The molecule has 0 saturated carbocycles. The fourth-order valence-electron chi connectivity index (χ4n) is 2.81. The number of carbonyl (C=O) groups excluding carboxylic acids is 2. The maximum absolute atomic E-state index is 11.8. The van der Waals surface area contributed by atoms with E-state index in [1.165, 1.54) is 0 Å². The van der Waals surface area contributed by atoms with Crippen molar-refractivity contribution in [3.05, 3.63) is 35.9 Å². The van der Waals surface area contributed by atoms with Gasteiger partial charge in [0.15, 0.2) is 0 Å². The molecule has 0 aromatic heterocycles. The van der Waals surface area contributed by atoms with E-state index in [9.17, 15) is 9.59 Å². The fourth-order valence-corrected chi connectivity index (χ4v) is 2.81. The molecule has 1 aromatic rings. The van der Waals surface area contributed by atoms with E-state index in [-0.39, 0.29) is 12.6 Å². The number of carbonyl (C=O) groups is 2. The minimum atomic E-state index is -0.512. The van der Waals surface area contributed by atoms with Gasteiger partial charge in [-0.15, -0.1) is 0 Å². The Morgan fingerprint density at radius 1 is 0.575 bits per heavy atom. The number of nitrogens with one attached hydrogen (secondary N) is 1. The van der Waals surface area contributed by atoms with E-state index in [4.69, 9.17) is 42.6 Å². The Hall–Kier alpha value is -2.32. The Kier molecular flexibility index (Phi) is 21.8. The van der Waals surface area contributed by atoms with Crippen molar-refractivity contribution in [2.75, 3.05) is 106 Å². The summed E-state index contributed by atoms with van der Waals surface area (Å²) in [7, 11) is 0. The summed E-state index contributed by atoms with van der Waals surface area (Å²) in [5.74, 6) is -0.359. The molecule has 12 nitrogen and oxygen atoms in total. The molecule has 0 fully saturated rings.